The van der Waals surface area contributed by atoms with Crippen molar-refractivity contribution in [2.24, 2.45) is 17.8 Å². The molecule has 1 aromatic carbocycles. The third kappa shape index (κ3) is 3.82. The largest absolute Gasteiger partial charge is 0.455 e. The second kappa shape index (κ2) is 6.86. The fourth-order valence-electron chi connectivity index (χ4n) is 3.33. The van der Waals surface area contributed by atoms with E-state index in [1.54, 1.807) is 24.3 Å². The van der Waals surface area contributed by atoms with Crippen LogP contribution in [0.2, 0.25) is 0 Å². The summed E-state index contributed by atoms with van der Waals surface area (Å²) in [5.74, 6) is -0.174. The smallest absolute Gasteiger partial charge is 0.310 e. The number of rotatable bonds is 5. The van der Waals surface area contributed by atoms with Gasteiger partial charge in [-0.1, -0.05) is 12.2 Å². The van der Waals surface area contributed by atoms with E-state index in [-0.39, 0.29) is 36.2 Å². The van der Waals surface area contributed by atoms with Gasteiger partial charge in [0.2, 0.25) is 5.91 Å². The molecular weight excluding hydrogens is 308 g/mol. The number of hydrogen-bond donors (Lipinski definition) is 2. The zero-order valence-electron chi connectivity index (χ0n) is 13.5. The summed E-state index contributed by atoms with van der Waals surface area (Å²) in [5, 5.41) is 5.30. The van der Waals surface area contributed by atoms with Gasteiger partial charge in [0.25, 0.3) is 5.91 Å². The Balaban J connectivity index is 1.44. The van der Waals surface area contributed by atoms with Crippen molar-refractivity contribution in [1.82, 2.24) is 0 Å². The lowest BCUT2D eigenvalue weighted by Crippen LogP contribution is -2.26. The number of hydrogen-bond acceptors (Lipinski definition) is 4. The Morgan fingerprint density at radius 2 is 1.71 bits per heavy atom. The van der Waals surface area contributed by atoms with Crippen LogP contribution in [0.15, 0.2) is 36.4 Å². The number of carbonyl (C=O) groups excluding carboxylic acids is 3. The molecule has 1 saturated carbocycles. The number of ether oxygens (including phenoxy) is 1. The highest BCUT2D eigenvalue weighted by Gasteiger charge is 2.40. The first-order valence-electron chi connectivity index (χ1n) is 8.04. The van der Waals surface area contributed by atoms with Crippen molar-refractivity contribution in [3.63, 3.8) is 0 Å². The molecule has 0 saturated heterocycles. The molecule has 2 aliphatic rings. The van der Waals surface area contributed by atoms with E-state index in [1.165, 1.54) is 6.92 Å². The molecular formula is C18H20N2O4. The SMILES string of the molecule is CC(=O)Nc1ccc(NC(=O)COC(=O)C2CC3C=CC2C3)cc1. The number of allylic oxidation sites excluding steroid dienone is 2. The molecule has 2 amide bonds. The third-order valence-corrected chi connectivity index (χ3v) is 4.42. The predicted octanol–water partition coefficient (Wildman–Crippen LogP) is 2.34. The van der Waals surface area contributed by atoms with Crippen LogP contribution in [0.25, 0.3) is 0 Å². The van der Waals surface area contributed by atoms with Gasteiger partial charge >= 0.3 is 5.97 Å². The maximum absolute atomic E-state index is 12.1. The summed E-state index contributed by atoms with van der Waals surface area (Å²) in [7, 11) is 0. The lowest BCUT2D eigenvalue weighted by molar-refractivity contribution is -0.152. The number of benzene rings is 1. The van der Waals surface area contributed by atoms with Gasteiger partial charge in [-0.05, 0) is 48.9 Å². The molecule has 3 rings (SSSR count). The van der Waals surface area contributed by atoms with Crippen LogP contribution in [0.1, 0.15) is 19.8 Å². The molecule has 0 aliphatic heterocycles. The van der Waals surface area contributed by atoms with Gasteiger partial charge in [0.15, 0.2) is 6.61 Å². The Bertz CT molecular complexity index is 681. The van der Waals surface area contributed by atoms with Gasteiger partial charge in [0.05, 0.1) is 5.92 Å². The van der Waals surface area contributed by atoms with E-state index in [9.17, 15) is 14.4 Å². The fourth-order valence-corrected chi connectivity index (χ4v) is 3.33. The van der Waals surface area contributed by atoms with Crippen molar-refractivity contribution in [2.75, 3.05) is 17.2 Å². The number of carbonyl (C=O) groups is 3. The van der Waals surface area contributed by atoms with E-state index in [0.717, 1.165) is 12.8 Å². The quantitative estimate of drug-likeness (QED) is 0.642. The molecule has 2 bridgehead atoms. The van der Waals surface area contributed by atoms with Crippen LogP contribution in [0, 0.1) is 17.8 Å². The standard InChI is InChI=1S/C18H20N2O4/c1-11(21)19-14-4-6-15(7-5-14)20-17(22)10-24-18(23)16-9-12-2-3-13(16)8-12/h2-7,12-13,16H,8-10H2,1H3,(H,19,21)(H,20,22). The summed E-state index contributed by atoms with van der Waals surface area (Å²) in [6.45, 7) is 1.14. The number of esters is 1. The van der Waals surface area contributed by atoms with Gasteiger partial charge in [-0.15, -0.1) is 0 Å². The van der Waals surface area contributed by atoms with E-state index in [1.807, 2.05) is 0 Å². The lowest BCUT2D eigenvalue weighted by Gasteiger charge is -2.16. The minimum absolute atomic E-state index is 0.107. The van der Waals surface area contributed by atoms with Crippen molar-refractivity contribution in [1.29, 1.82) is 0 Å². The molecule has 126 valence electrons. The zero-order valence-corrected chi connectivity index (χ0v) is 13.5. The lowest BCUT2D eigenvalue weighted by atomic mass is 9.94. The fraction of sp³-hybridized carbons (Fsp3) is 0.389. The van der Waals surface area contributed by atoms with Crippen molar-refractivity contribution >= 4 is 29.2 Å². The molecule has 0 spiro atoms. The summed E-state index contributed by atoms with van der Waals surface area (Å²) in [5.41, 5.74) is 1.23. The van der Waals surface area contributed by atoms with Gasteiger partial charge in [-0.2, -0.15) is 0 Å². The van der Waals surface area contributed by atoms with E-state index < -0.39 is 0 Å². The third-order valence-electron chi connectivity index (χ3n) is 4.42. The Hall–Kier alpha value is -2.63. The Labute approximate surface area is 140 Å². The van der Waals surface area contributed by atoms with Crippen LogP contribution >= 0.6 is 0 Å². The summed E-state index contributed by atoms with van der Waals surface area (Å²) < 4.78 is 5.15. The number of fused-ring (bicyclic) bond motifs is 2. The molecule has 6 heteroatoms. The normalized spacial score (nSPS) is 23.8. The van der Waals surface area contributed by atoms with Crippen molar-refractivity contribution in [3.8, 4) is 0 Å². The first-order valence-corrected chi connectivity index (χ1v) is 8.04. The first-order chi connectivity index (χ1) is 11.5. The Kier molecular flexibility index (Phi) is 4.64. The van der Waals surface area contributed by atoms with Gasteiger partial charge in [0, 0.05) is 18.3 Å². The highest BCUT2D eigenvalue weighted by atomic mass is 16.5. The highest BCUT2D eigenvalue weighted by Crippen LogP contribution is 2.43. The first kappa shape index (κ1) is 16.2. The Morgan fingerprint density at radius 3 is 2.25 bits per heavy atom. The number of nitrogens with one attached hydrogen (secondary N) is 2. The maximum atomic E-state index is 12.1. The zero-order chi connectivity index (χ0) is 17.1. The van der Waals surface area contributed by atoms with Gasteiger partial charge < -0.3 is 15.4 Å². The monoisotopic (exact) mass is 328 g/mol. The topological polar surface area (TPSA) is 84.5 Å². The number of anilines is 2. The minimum Gasteiger partial charge on any atom is -0.455 e. The highest BCUT2D eigenvalue weighted by molar-refractivity contribution is 5.93. The van der Waals surface area contributed by atoms with Crippen LogP contribution in [0.4, 0.5) is 11.4 Å². The molecule has 0 radical (unpaired) electrons. The van der Waals surface area contributed by atoms with Crippen LogP contribution in [0.3, 0.4) is 0 Å². The molecule has 24 heavy (non-hydrogen) atoms. The van der Waals surface area contributed by atoms with E-state index in [4.69, 9.17) is 4.74 Å². The van der Waals surface area contributed by atoms with Gasteiger partial charge in [-0.25, -0.2) is 0 Å². The van der Waals surface area contributed by atoms with Crippen molar-refractivity contribution in [3.05, 3.63) is 36.4 Å². The Morgan fingerprint density at radius 1 is 1.04 bits per heavy atom. The minimum atomic E-state index is -0.380. The second-order valence-corrected chi connectivity index (χ2v) is 6.30. The van der Waals surface area contributed by atoms with Gasteiger partial charge in [0.1, 0.15) is 0 Å². The van der Waals surface area contributed by atoms with E-state index in [0.29, 0.717) is 17.3 Å². The van der Waals surface area contributed by atoms with Crippen molar-refractivity contribution < 1.29 is 19.1 Å². The summed E-state index contributed by atoms with van der Waals surface area (Å²) in [6.07, 6.45) is 6.08. The van der Waals surface area contributed by atoms with E-state index in [2.05, 4.69) is 22.8 Å². The molecule has 3 atom stereocenters. The summed E-state index contributed by atoms with van der Waals surface area (Å²) >= 11 is 0. The molecule has 6 nitrogen and oxygen atoms in total. The summed E-state index contributed by atoms with van der Waals surface area (Å²) in [4.78, 5) is 34.9. The predicted molar refractivity (Wildman–Crippen MR) is 89.2 cm³/mol. The van der Waals surface area contributed by atoms with Crippen LogP contribution < -0.4 is 10.6 Å². The van der Waals surface area contributed by atoms with E-state index >= 15 is 0 Å². The van der Waals surface area contributed by atoms with Crippen molar-refractivity contribution in [2.45, 2.75) is 19.8 Å². The van der Waals surface area contributed by atoms with Crippen LogP contribution in [-0.4, -0.2) is 24.4 Å². The molecule has 3 unspecified atom stereocenters. The molecule has 0 aromatic heterocycles. The molecule has 2 aliphatic carbocycles. The molecule has 1 aromatic rings. The summed E-state index contributed by atoms with van der Waals surface area (Å²) in [6, 6.07) is 6.71. The van der Waals surface area contributed by atoms with Crippen LogP contribution in [0.5, 0.6) is 0 Å². The molecule has 2 N–H and O–H groups in total. The second-order valence-electron chi connectivity index (χ2n) is 6.30. The molecule has 1 fully saturated rings. The number of amides is 2. The van der Waals surface area contributed by atoms with Gasteiger partial charge in [-0.3, -0.25) is 14.4 Å². The van der Waals surface area contributed by atoms with Crippen LogP contribution in [-0.2, 0) is 19.1 Å². The average Bonchev–Trinajstić information content (AvgIpc) is 3.17. The average molecular weight is 328 g/mol. The maximum Gasteiger partial charge on any atom is 0.310 e. The molecule has 0 heterocycles.